The summed E-state index contributed by atoms with van der Waals surface area (Å²) in [6.07, 6.45) is 0. The second-order valence-corrected chi connectivity index (χ2v) is 4.16. The van der Waals surface area contributed by atoms with Crippen molar-refractivity contribution in [2.75, 3.05) is 0 Å². The van der Waals surface area contributed by atoms with E-state index in [1.165, 1.54) is 6.07 Å². The van der Waals surface area contributed by atoms with Gasteiger partial charge in [-0.1, -0.05) is 12.1 Å². The maximum atomic E-state index is 11.3. The SMILES string of the molecule is Cc1nnc(Oc2ccccc2C(N)=O)c(C#N)c1C. The predicted molar refractivity (Wildman–Crippen MR) is 71.3 cm³/mol. The van der Waals surface area contributed by atoms with E-state index in [0.29, 0.717) is 11.3 Å². The van der Waals surface area contributed by atoms with Gasteiger partial charge in [0, 0.05) is 0 Å². The number of hydrogen-bond donors (Lipinski definition) is 1. The van der Waals surface area contributed by atoms with Crippen LogP contribution in [0.4, 0.5) is 0 Å². The third kappa shape index (κ3) is 2.42. The van der Waals surface area contributed by atoms with Crippen molar-refractivity contribution in [2.24, 2.45) is 5.73 Å². The Labute approximate surface area is 115 Å². The lowest BCUT2D eigenvalue weighted by atomic mass is 10.1. The zero-order chi connectivity index (χ0) is 14.7. The van der Waals surface area contributed by atoms with Crippen molar-refractivity contribution in [3.8, 4) is 17.7 Å². The molecule has 0 atom stereocenters. The molecule has 1 amide bonds. The number of aryl methyl sites for hydroxylation is 1. The highest BCUT2D eigenvalue weighted by Crippen LogP contribution is 2.27. The number of amides is 1. The fourth-order valence-electron chi connectivity index (χ4n) is 1.65. The Bertz CT molecular complexity index is 720. The summed E-state index contributed by atoms with van der Waals surface area (Å²) in [6.45, 7) is 3.51. The van der Waals surface area contributed by atoms with E-state index in [-0.39, 0.29) is 22.8 Å². The normalized spacial score (nSPS) is 9.85. The minimum Gasteiger partial charge on any atom is -0.436 e. The van der Waals surface area contributed by atoms with E-state index >= 15 is 0 Å². The van der Waals surface area contributed by atoms with Crippen LogP contribution < -0.4 is 10.5 Å². The summed E-state index contributed by atoms with van der Waals surface area (Å²) in [5.74, 6) is -0.311. The molecule has 0 saturated heterocycles. The minimum atomic E-state index is -0.615. The summed E-state index contributed by atoms with van der Waals surface area (Å²) in [5, 5.41) is 17.0. The third-order valence-electron chi connectivity index (χ3n) is 2.89. The average molecular weight is 268 g/mol. The first-order valence-corrected chi connectivity index (χ1v) is 5.85. The van der Waals surface area contributed by atoms with Gasteiger partial charge in [-0.3, -0.25) is 4.79 Å². The number of carbonyl (C=O) groups excluding carboxylic acids is 1. The molecule has 0 saturated carbocycles. The second-order valence-electron chi connectivity index (χ2n) is 4.16. The Morgan fingerprint density at radius 2 is 2.00 bits per heavy atom. The van der Waals surface area contributed by atoms with Crippen LogP contribution in [0.2, 0.25) is 0 Å². The molecule has 2 aromatic rings. The summed E-state index contributed by atoms with van der Waals surface area (Å²) >= 11 is 0. The van der Waals surface area contributed by atoms with E-state index in [4.69, 9.17) is 10.5 Å². The number of rotatable bonds is 3. The van der Waals surface area contributed by atoms with Crippen molar-refractivity contribution in [3.05, 3.63) is 46.6 Å². The van der Waals surface area contributed by atoms with Gasteiger partial charge in [-0.25, -0.2) is 0 Å². The Morgan fingerprint density at radius 1 is 1.30 bits per heavy atom. The molecule has 1 aromatic carbocycles. The van der Waals surface area contributed by atoms with Crippen LogP contribution in [0.15, 0.2) is 24.3 Å². The lowest BCUT2D eigenvalue weighted by Crippen LogP contribution is -2.12. The summed E-state index contributed by atoms with van der Waals surface area (Å²) in [5.41, 5.74) is 7.12. The fourth-order valence-corrected chi connectivity index (χ4v) is 1.65. The van der Waals surface area contributed by atoms with Crippen molar-refractivity contribution >= 4 is 5.91 Å². The zero-order valence-electron chi connectivity index (χ0n) is 11.0. The summed E-state index contributed by atoms with van der Waals surface area (Å²) in [6, 6.07) is 8.52. The molecule has 1 aromatic heterocycles. The third-order valence-corrected chi connectivity index (χ3v) is 2.89. The molecule has 2 rings (SSSR count). The fraction of sp³-hybridized carbons (Fsp3) is 0.143. The molecule has 0 unspecified atom stereocenters. The molecule has 0 fully saturated rings. The van der Waals surface area contributed by atoms with E-state index in [9.17, 15) is 10.1 Å². The smallest absolute Gasteiger partial charge is 0.257 e. The van der Waals surface area contributed by atoms with E-state index in [1.807, 2.05) is 6.07 Å². The number of nitrogens with two attached hydrogens (primary N) is 1. The first-order chi connectivity index (χ1) is 9.54. The van der Waals surface area contributed by atoms with Crippen molar-refractivity contribution in [3.63, 3.8) is 0 Å². The Hall–Kier alpha value is -2.94. The molecule has 20 heavy (non-hydrogen) atoms. The number of carbonyl (C=O) groups is 1. The lowest BCUT2D eigenvalue weighted by Gasteiger charge is -2.10. The van der Waals surface area contributed by atoms with Gasteiger partial charge in [-0.05, 0) is 31.5 Å². The van der Waals surface area contributed by atoms with Gasteiger partial charge in [0.15, 0.2) is 0 Å². The van der Waals surface area contributed by atoms with E-state index in [2.05, 4.69) is 10.2 Å². The van der Waals surface area contributed by atoms with Crippen LogP contribution in [0.3, 0.4) is 0 Å². The lowest BCUT2D eigenvalue weighted by molar-refractivity contribution is 0.0998. The van der Waals surface area contributed by atoms with Gasteiger partial charge >= 0.3 is 0 Å². The van der Waals surface area contributed by atoms with Crippen LogP contribution in [0.25, 0.3) is 0 Å². The Balaban J connectivity index is 2.49. The van der Waals surface area contributed by atoms with E-state index < -0.39 is 5.91 Å². The van der Waals surface area contributed by atoms with Crippen LogP contribution in [0.5, 0.6) is 11.6 Å². The number of para-hydroxylation sites is 1. The molecule has 6 nitrogen and oxygen atoms in total. The van der Waals surface area contributed by atoms with Crippen LogP contribution in [0.1, 0.15) is 27.2 Å². The first-order valence-electron chi connectivity index (χ1n) is 5.85. The van der Waals surface area contributed by atoms with Crippen LogP contribution >= 0.6 is 0 Å². The molecule has 2 N–H and O–H groups in total. The molecule has 0 spiro atoms. The molecule has 0 radical (unpaired) electrons. The van der Waals surface area contributed by atoms with Crippen molar-refractivity contribution in [1.29, 1.82) is 5.26 Å². The van der Waals surface area contributed by atoms with Gasteiger partial charge in [-0.2, -0.15) is 10.4 Å². The number of primary amides is 1. The van der Waals surface area contributed by atoms with E-state index in [0.717, 1.165) is 0 Å². The highest BCUT2D eigenvalue weighted by Gasteiger charge is 2.15. The molecule has 0 aliphatic heterocycles. The largest absolute Gasteiger partial charge is 0.436 e. The Morgan fingerprint density at radius 3 is 2.65 bits per heavy atom. The van der Waals surface area contributed by atoms with Crippen molar-refractivity contribution < 1.29 is 9.53 Å². The minimum absolute atomic E-state index is 0.0595. The van der Waals surface area contributed by atoms with Crippen molar-refractivity contribution in [1.82, 2.24) is 10.2 Å². The number of benzene rings is 1. The standard InChI is InChI=1S/C14H12N4O2/c1-8-9(2)17-18-14(11(8)7-15)20-12-6-4-3-5-10(12)13(16)19/h3-6H,1-2H3,(H2,16,19). The molecule has 0 aliphatic rings. The molecule has 0 bridgehead atoms. The molecule has 6 heteroatoms. The van der Waals surface area contributed by atoms with Crippen LogP contribution in [0, 0.1) is 25.2 Å². The average Bonchev–Trinajstić information content (AvgIpc) is 2.43. The van der Waals surface area contributed by atoms with Gasteiger partial charge < -0.3 is 10.5 Å². The van der Waals surface area contributed by atoms with E-state index in [1.54, 1.807) is 32.0 Å². The van der Waals surface area contributed by atoms with Gasteiger partial charge in [0.2, 0.25) is 0 Å². The molecular weight excluding hydrogens is 256 g/mol. The highest BCUT2D eigenvalue weighted by molar-refractivity contribution is 5.95. The van der Waals surface area contributed by atoms with Gasteiger partial charge in [0.1, 0.15) is 17.4 Å². The second kappa shape index (κ2) is 5.36. The Kier molecular flexibility index (Phi) is 3.62. The molecule has 100 valence electrons. The van der Waals surface area contributed by atoms with Gasteiger partial charge in [-0.15, -0.1) is 5.10 Å². The number of aromatic nitrogens is 2. The maximum absolute atomic E-state index is 11.3. The summed E-state index contributed by atoms with van der Waals surface area (Å²) < 4.78 is 5.53. The molecular formula is C14H12N4O2. The highest BCUT2D eigenvalue weighted by atomic mass is 16.5. The monoisotopic (exact) mass is 268 g/mol. The first kappa shape index (κ1) is 13.5. The van der Waals surface area contributed by atoms with Gasteiger partial charge in [0.05, 0.1) is 11.3 Å². The summed E-state index contributed by atoms with van der Waals surface area (Å²) in [7, 11) is 0. The maximum Gasteiger partial charge on any atom is 0.257 e. The number of nitrogens with zero attached hydrogens (tertiary/aromatic N) is 3. The number of ether oxygens (including phenoxy) is 1. The molecule has 1 heterocycles. The topological polar surface area (TPSA) is 102 Å². The van der Waals surface area contributed by atoms with Crippen LogP contribution in [-0.2, 0) is 0 Å². The molecule has 0 aliphatic carbocycles. The summed E-state index contributed by atoms with van der Waals surface area (Å²) in [4.78, 5) is 11.3. The van der Waals surface area contributed by atoms with Gasteiger partial charge in [0.25, 0.3) is 11.8 Å². The van der Waals surface area contributed by atoms with Crippen LogP contribution in [-0.4, -0.2) is 16.1 Å². The zero-order valence-corrected chi connectivity index (χ0v) is 11.0. The predicted octanol–water partition coefficient (Wildman–Crippen LogP) is 1.86. The number of nitriles is 1. The quantitative estimate of drug-likeness (QED) is 0.915. The number of hydrogen-bond acceptors (Lipinski definition) is 5. The van der Waals surface area contributed by atoms with Crippen molar-refractivity contribution in [2.45, 2.75) is 13.8 Å².